The Morgan fingerprint density at radius 3 is 2.59 bits per heavy atom. The van der Waals surface area contributed by atoms with E-state index in [0.717, 1.165) is 5.56 Å². The molecule has 0 saturated heterocycles. The highest BCUT2D eigenvalue weighted by atomic mass is 16.5. The van der Waals surface area contributed by atoms with Crippen LogP contribution in [-0.2, 0) is 6.61 Å². The molecule has 1 heterocycles. The minimum absolute atomic E-state index is 0.152. The predicted molar refractivity (Wildman–Crippen MR) is 63.8 cm³/mol. The van der Waals surface area contributed by atoms with E-state index >= 15 is 0 Å². The molecule has 2 aromatic rings. The summed E-state index contributed by atoms with van der Waals surface area (Å²) in [6, 6.07) is 9.70. The second-order valence-electron chi connectivity index (χ2n) is 3.40. The first-order chi connectivity index (χ1) is 8.27. The Morgan fingerprint density at radius 2 is 1.88 bits per heavy atom. The summed E-state index contributed by atoms with van der Waals surface area (Å²) in [6.07, 6.45) is 2.98. The maximum atomic E-state index is 7.35. The Morgan fingerprint density at radius 1 is 1.18 bits per heavy atom. The number of ether oxygens (including phenoxy) is 1. The number of amidine groups is 1. The van der Waals surface area contributed by atoms with E-state index in [2.05, 4.69) is 9.97 Å². The number of hydrogen-bond acceptors (Lipinski definition) is 4. The second-order valence-corrected chi connectivity index (χ2v) is 3.40. The fourth-order valence-electron chi connectivity index (χ4n) is 1.34. The minimum atomic E-state index is -0.152. The standard InChI is InChI=1S/C12H12N4O/c13-11(14)10-12(16-7-6-15-10)17-8-9-4-2-1-3-5-9/h1-7H,8H2,(H3,13,14). The molecule has 5 nitrogen and oxygen atoms in total. The van der Waals surface area contributed by atoms with Crippen LogP contribution < -0.4 is 10.5 Å². The van der Waals surface area contributed by atoms with Gasteiger partial charge in [0.25, 0.3) is 0 Å². The molecule has 1 aromatic heterocycles. The molecule has 0 radical (unpaired) electrons. The fraction of sp³-hybridized carbons (Fsp3) is 0.0833. The van der Waals surface area contributed by atoms with Gasteiger partial charge < -0.3 is 10.5 Å². The zero-order valence-corrected chi connectivity index (χ0v) is 9.13. The Balaban J connectivity index is 2.12. The van der Waals surface area contributed by atoms with Gasteiger partial charge in [-0.15, -0.1) is 0 Å². The van der Waals surface area contributed by atoms with Crippen LogP contribution in [0.5, 0.6) is 5.88 Å². The first kappa shape index (κ1) is 11.1. The highest BCUT2D eigenvalue weighted by Crippen LogP contribution is 2.12. The van der Waals surface area contributed by atoms with Crippen LogP contribution in [0.4, 0.5) is 0 Å². The van der Waals surface area contributed by atoms with Crippen molar-refractivity contribution in [2.24, 2.45) is 5.73 Å². The number of nitrogens with zero attached hydrogens (tertiary/aromatic N) is 2. The molecule has 0 aliphatic heterocycles. The van der Waals surface area contributed by atoms with E-state index in [0.29, 0.717) is 6.61 Å². The maximum Gasteiger partial charge on any atom is 0.244 e. The topological polar surface area (TPSA) is 84.9 Å². The van der Waals surface area contributed by atoms with Gasteiger partial charge in [0.15, 0.2) is 5.69 Å². The summed E-state index contributed by atoms with van der Waals surface area (Å²) in [6.45, 7) is 0.375. The summed E-state index contributed by atoms with van der Waals surface area (Å²) in [4.78, 5) is 7.96. The second kappa shape index (κ2) is 5.07. The molecule has 17 heavy (non-hydrogen) atoms. The number of hydrogen-bond donors (Lipinski definition) is 2. The summed E-state index contributed by atoms with van der Waals surface area (Å²) in [5.41, 5.74) is 6.67. The zero-order valence-electron chi connectivity index (χ0n) is 9.13. The third-order valence-corrected chi connectivity index (χ3v) is 2.14. The molecule has 3 N–H and O–H groups in total. The summed E-state index contributed by atoms with van der Waals surface area (Å²) in [5.74, 6) is 0.130. The lowest BCUT2D eigenvalue weighted by molar-refractivity contribution is 0.291. The third-order valence-electron chi connectivity index (χ3n) is 2.14. The van der Waals surface area contributed by atoms with Crippen molar-refractivity contribution in [2.75, 3.05) is 0 Å². The van der Waals surface area contributed by atoms with E-state index in [4.69, 9.17) is 15.9 Å². The molecule has 0 aliphatic carbocycles. The Labute approximate surface area is 98.8 Å². The van der Waals surface area contributed by atoms with Gasteiger partial charge in [-0.05, 0) is 5.56 Å². The van der Waals surface area contributed by atoms with E-state index in [1.807, 2.05) is 30.3 Å². The van der Waals surface area contributed by atoms with Crippen molar-refractivity contribution in [2.45, 2.75) is 6.61 Å². The van der Waals surface area contributed by atoms with Crippen LogP contribution in [0.2, 0.25) is 0 Å². The molecule has 1 aromatic carbocycles. The third kappa shape index (κ3) is 2.78. The van der Waals surface area contributed by atoms with Crippen LogP contribution in [-0.4, -0.2) is 15.8 Å². The summed E-state index contributed by atoms with van der Waals surface area (Å²) >= 11 is 0. The summed E-state index contributed by atoms with van der Waals surface area (Å²) in [5, 5.41) is 7.35. The van der Waals surface area contributed by atoms with Gasteiger partial charge >= 0.3 is 0 Å². The molecule has 0 fully saturated rings. The number of nitrogens with one attached hydrogen (secondary N) is 1. The van der Waals surface area contributed by atoms with E-state index in [-0.39, 0.29) is 17.4 Å². The SMILES string of the molecule is N=C(N)c1nccnc1OCc1ccccc1. The van der Waals surface area contributed by atoms with Crippen LogP contribution >= 0.6 is 0 Å². The average Bonchev–Trinajstić information content (AvgIpc) is 2.38. The molecule has 0 amide bonds. The lowest BCUT2D eigenvalue weighted by atomic mass is 10.2. The quantitative estimate of drug-likeness (QED) is 0.610. The van der Waals surface area contributed by atoms with Gasteiger partial charge in [0.05, 0.1) is 0 Å². The van der Waals surface area contributed by atoms with Crippen molar-refractivity contribution in [3.63, 3.8) is 0 Å². The predicted octanol–water partition coefficient (Wildman–Crippen LogP) is 1.34. The molecular weight excluding hydrogens is 216 g/mol. The van der Waals surface area contributed by atoms with Crippen LogP contribution in [0.3, 0.4) is 0 Å². The van der Waals surface area contributed by atoms with Gasteiger partial charge in [0.1, 0.15) is 12.4 Å². The molecule has 0 unspecified atom stereocenters. The summed E-state index contributed by atoms with van der Waals surface area (Å²) in [7, 11) is 0. The van der Waals surface area contributed by atoms with E-state index < -0.39 is 0 Å². The highest BCUT2D eigenvalue weighted by Gasteiger charge is 2.08. The number of nitrogen functional groups attached to an aromatic ring is 1. The Kier molecular flexibility index (Phi) is 3.30. The molecule has 0 spiro atoms. The van der Waals surface area contributed by atoms with Crippen LogP contribution in [0, 0.1) is 5.41 Å². The van der Waals surface area contributed by atoms with Gasteiger partial charge in [-0.3, -0.25) is 5.41 Å². The average molecular weight is 228 g/mol. The van der Waals surface area contributed by atoms with Crippen molar-refractivity contribution in [1.82, 2.24) is 9.97 Å². The molecule has 0 atom stereocenters. The van der Waals surface area contributed by atoms with Crippen molar-refractivity contribution in [1.29, 1.82) is 5.41 Å². The number of nitrogens with two attached hydrogens (primary N) is 1. The van der Waals surface area contributed by atoms with Gasteiger partial charge in [0, 0.05) is 12.4 Å². The van der Waals surface area contributed by atoms with Gasteiger partial charge in [-0.2, -0.15) is 0 Å². The van der Waals surface area contributed by atoms with Crippen LogP contribution in [0.25, 0.3) is 0 Å². The molecule has 2 rings (SSSR count). The van der Waals surface area contributed by atoms with Crippen molar-refractivity contribution in [3.8, 4) is 5.88 Å². The molecule has 0 saturated carbocycles. The smallest absolute Gasteiger partial charge is 0.244 e. The molecule has 86 valence electrons. The van der Waals surface area contributed by atoms with Gasteiger partial charge in [0.2, 0.25) is 5.88 Å². The first-order valence-electron chi connectivity index (χ1n) is 5.09. The monoisotopic (exact) mass is 228 g/mol. The van der Waals surface area contributed by atoms with E-state index in [1.54, 1.807) is 0 Å². The normalized spacial score (nSPS) is 9.88. The maximum absolute atomic E-state index is 7.35. The fourth-order valence-corrected chi connectivity index (χ4v) is 1.34. The summed E-state index contributed by atoms with van der Waals surface area (Å²) < 4.78 is 5.49. The largest absolute Gasteiger partial charge is 0.471 e. The number of benzene rings is 1. The Hall–Kier alpha value is -2.43. The van der Waals surface area contributed by atoms with Gasteiger partial charge in [-0.1, -0.05) is 30.3 Å². The van der Waals surface area contributed by atoms with Crippen LogP contribution in [0.15, 0.2) is 42.7 Å². The lowest BCUT2D eigenvalue weighted by Gasteiger charge is -2.07. The number of aromatic nitrogens is 2. The van der Waals surface area contributed by atoms with E-state index in [9.17, 15) is 0 Å². The zero-order chi connectivity index (χ0) is 12.1. The molecular formula is C12H12N4O. The molecule has 0 aliphatic rings. The van der Waals surface area contributed by atoms with Crippen molar-refractivity contribution in [3.05, 3.63) is 54.0 Å². The van der Waals surface area contributed by atoms with E-state index in [1.165, 1.54) is 12.4 Å². The Bertz CT molecular complexity index is 513. The van der Waals surface area contributed by atoms with Crippen LogP contribution in [0.1, 0.15) is 11.3 Å². The number of rotatable bonds is 4. The molecule has 0 bridgehead atoms. The first-order valence-corrected chi connectivity index (χ1v) is 5.09. The molecule has 5 heteroatoms. The van der Waals surface area contributed by atoms with Crippen molar-refractivity contribution < 1.29 is 4.74 Å². The lowest BCUT2D eigenvalue weighted by Crippen LogP contribution is -2.15. The van der Waals surface area contributed by atoms with Crippen molar-refractivity contribution >= 4 is 5.84 Å². The van der Waals surface area contributed by atoms with Gasteiger partial charge in [-0.25, -0.2) is 9.97 Å². The minimum Gasteiger partial charge on any atom is -0.471 e. The highest BCUT2D eigenvalue weighted by molar-refractivity contribution is 5.94.